The van der Waals surface area contributed by atoms with Crippen LogP contribution in [0.25, 0.3) is 0 Å². The van der Waals surface area contributed by atoms with E-state index in [2.05, 4.69) is 25.9 Å². The molecule has 8 heteroatoms. The normalized spacial score (nSPS) is 12.0. The molecule has 2 heterocycles. The maximum atomic E-state index is 12.2. The first-order valence-corrected chi connectivity index (χ1v) is 6.11. The van der Waals surface area contributed by atoms with E-state index in [4.69, 9.17) is 5.84 Å². The highest BCUT2D eigenvalue weighted by molar-refractivity contribution is 5.99. The van der Waals surface area contributed by atoms with Gasteiger partial charge in [-0.1, -0.05) is 0 Å². The fraction of sp³-hybridized carbons (Fsp3) is 0.333. The number of amides is 1. The number of nitrogens with two attached hydrogens (primary N) is 1. The molecule has 2 aromatic rings. The Hall–Kier alpha value is -2.48. The molecule has 0 aromatic carbocycles. The topological polar surface area (TPSA) is 111 Å². The standard InChI is InChI=1S/C12H17N7O/c1-7-4-10(17-13)9(5-14-7)12(20)16-8(2)11-18-15-6-19(11)3/h4-6,8H,13H2,1-3H3,(H,14,17)(H,16,20). The Morgan fingerprint density at radius 1 is 1.50 bits per heavy atom. The molecule has 1 amide bonds. The van der Waals surface area contributed by atoms with Crippen molar-refractivity contribution in [1.29, 1.82) is 0 Å². The number of carbonyl (C=O) groups is 1. The van der Waals surface area contributed by atoms with Gasteiger partial charge in [-0.2, -0.15) is 0 Å². The van der Waals surface area contributed by atoms with Gasteiger partial charge in [-0.05, 0) is 19.9 Å². The summed E-state index contributed by atoms with van der Waals surface area (Å²) in [6.45, 7) is 3.66. The molecule has 106 valence electrons. The first-order valence-electron chi connectivity index (χ1n) is 6.11. The van der Waals surface area contributed by atoms with Gasteiger partial charge in [0.15, 0.2) is 5.82 Å². The lowest BCUT2D eigenvalue weighted by Crippen LogP contribution is -2.29. The Kier molecular flexibility index (Phi) is 3.94. The van der Waals surface area contributed by atoms with Crippen molar-refractivity contribution in [2.45, 2.75) is 19.9 Å². The van der Waals surface area contributed by atoms with E-state index >= 15 is 0 Å². The van der Waals surface area contributed by atoms with Crippen LogP contribution in [0.1, 0.15) is 34.8 Å². The smallest absolute Gasteiger partial charge is 0.255 e. The van der Waals surface area contributed by atoms with Crippen molar-refractivity contribution in [2.24, 2.45) is 12.9 Å². The van der Waals surface area contributed by atoms with Gasteiger partial charge >= 0.3 is 0 Å². The van der Waals surface area contributed by atoms with E-state index < -0.39 is 0 Å². The first kappa shape index (κ1) is 13.9. The van der Waals surface area contributed by atoms with Gasteiger partial charge in [0.1, 0.15) is 6.33 Å². The summed E-state index contributed by atoms with van der Waals surface area (Å²) in [6, 6.07) is 1.43. The van der Waals surface area contributed by atoms with Gasteiger partial charge in [-0.25, -0.2) is 0 Å². The van der Waals surface area contributed by atoms with E-state index in [-0.39, 0.29) is 11.9 Å². The molecule has 2 aromatic heterocycles. The number of rotatable bonds is 4. The zero-order valence-electron chi connectivity index (χ0n) is 11.6. The van der Waals surface area contributed by atoms with Crippen molar-refractivity contribution in [3.05, 3.63) is 35.7 Å². The lowest BCUT2D eigenvalue weighted by molar-refractivity contribution is 0.0938. The largest absolute Gasteiger partial charge is 0.342 e. The molecule has 0 saturated heterocycles. The number of hydrogen-bond acceptors (Lipinski definition) is 6. The summed E-state index contributed by atoms with van der Waals surface area (Å²) in [6.07, 6.45) is 3.07. The van der Waals surface area contributed by atoms with Gasteiger partial charge in [0.25, 0.3) is 5.91 Å². The molecule has 0 spiro atoms. The second-order valence-corrected chi connectivity index (χ2v) is 4.51. The minimum Gasteiger partial charge on any atom is -0.342 e. The number of aromatic nitrogens is 4. The molecular weight excluding hydrogens is 258 g/mol. The van der Waals surface area contributed by atoms with Crippen molar-refractivity contribution in [3.63, 3.8) is 0 Å². The molecule has 0 fully saturated rings. The zero-order chi connectivity index (χ0) is 14.7. The highest BCUT2D eigenvalue weighted by Gasteiger charge is 2.18. The van der Waals surface area contributed by atoms with Crippen molar-refractivity contribution in [1.82, 2.24) is 25.1 Å². The number of aryl methyl sites for hydroxylation is 2. The molecule has 20 heavy (non-hydrogen) atoms. The molecule has 4 N–H and O–H groups in total. The lowest BCUT2D eigenvalue weighted by atomic mass is 10.2. The van der Waals surface area contributed by atoms with Crippen LogP contribution in [0.4, 0.5) is 5.69 Å². The van der Waals surface area contributed by atoms with E-state index in [1.54, 1.807) is 17.0 Å². The van der Waals surface area contributed by atoms with Crippen LogP contribution in [0, 0.1) is 6.92 Å². The minimum absolute atomic E-state index is 0.276. The predicted octanol–water partition coefficient (Wildman–Crippen LogP) is 0.295. The third kappa shape index (κ3) is 2.75. The van der Waals surface area contributed by atoms with E-state index in [1.165, 1.54) is 6.20 Å². The Balaban J connectivity index is 2.18. The third-order valence-corrected chi connectivity index (χ3v) is 2.92. The fourth-order valence-electron chi connectivity index (χ4n) is 1.88. The van der Waals surface area contributed by atoms with Gasteiger partial charge in [0.05, 0.1) is 17.3 Å². The fourth-order valence-corrected chi connectivity index (χ4v) is 1.88. The monoisotopic (exact) mass is 275 g/mol. The Labute approximate surface area is 116 Å². The van der Waals surface area contributed by atoms with E-state index in [9.17, 15) is 4.79 Å². The van der Waals surface area contributed by atoms with Crippen molar-refractivity contribution in [3.8, 4) is 0 Å². The first-order chi connectivity index (χ1) is 9.52. The van der Waals surface area contributed by atoms with Crippen LogP contribution in [-0.2, 0) is 7.05 Å². The van der Waals surface area contributed by atoms with Gasteiger partial charge in [0.2, 0.25) is 0 Å². The number of nitrogens with zero attached hydrogens (tertiary/aromatic N) is 4. The average molecular weight is 275 g/mol. The Morgan fingerprint density at radius 2 is 2.25 bits per heavy atom. The maximum Gasteiger partial charge on any atom is 0.255 e. The third-order valence-electron chi connectivity index (χ3n) is 2.92. The van der Waals surface area contributed by atoms with Crippen LogP contribution in [-0.4, -0.2) is 25.7 Å². The summed E-state index contributed by atoms with van der Waals surface area (Å²) < 4.78 is 1.75. The van der Waals surface area contributed by atoms with Crippen LogP contribution in [0.3, 0.4) is 0 Å². The highest BCUT2D eigenvalue weighted by atomic mass is 16.1. The summed E-state index contributed by atoms with van der Waals surface area (Å²) in [4.78, 5) is 16.4. The lowest BCUT2D eigenvalue weighted by Gasteiger charge is -2.14. The molecule has 2 rings (SSSR count). The van der Waals surface area contributed by atoms with Gasteiger partial charge in [0, 0.05) is 18.9 Å². The molecule has 0 aliphatic carbocycles. The molecule has 0 aliphatic rings. The molecule has 1 unspecified atom stereocenters. The Bertz CT molecular complexity index is 622. The number of anilines is 1. The van der Waals surface area contributed by atoms with Crippen LogP contribution < -0.4 is 16.6 Å². The zero-order valence-corrected chi connectivity index (χ0v) is 11.6. The van der Waals surface area contributed by atoms with Crippen molar-refractivity contribution in [2.75, 3.05) is 5.43 Å². The van der Waals surface area contributed by atoms with Crippen LogP contribution in [0.2, 0.25) is 0 Å². The number of nitrogens with one attached hydrogen (secondary N) is 2. The number of carbonyl (C=O) groups excluding carboxylic acids is 1. The molecule has 0 radical (unpaired) electrons. The van der Waals surface area contributed by atoms with E-state index in [1.807, 2.05) is 20.9 Å². The summed E-state index contributed by atoms with van der Waals surface area (Å²) in [5, 5.41) is 10.6. The highest BCUT2D eigenvalue weighted by Crippen LogP contribution is 2.16. The van der Waals surface area contributed by atoms with Crippen molar-refractivity contribution >= 4 is 11.6 Å². The summed E-state index contributed by atoms with van der Waals surface area (Å²) in [7, 11) is 1.82. The quantitative estimate of drug-likeness (QED) is 0.546. The summed E-state index contributed by atoms with van der Waals surface area (Å²) >= 11 is 0. The van der Waals surface area contributed by atoms with E-state index in [0.29, 0.717) is 17.1 Å². The summed E-state index contributed by atoms with van der Waals surface area (Å²) in [5.41, 5.74) is 4.19. The minimum atomic E-state index is -0.277. The van der Waals surface area contributed by atoms with Crippen LogP contribution >= 0.6 is 0 Å². The molecule has 8 nitrogen and oxygen atoms in total. The second kappa shape index (κ2) is 5.66. The number of hydrazine groups is 1. The second-order valence-electron chi connectivity index (χ2n) is 4.51. The number of pyridine rings is 1. The van der Waals surface area contributed by atoms with Crippen LogP contribution in [0.15, 0.2) is 18.6 Å². The molecular formula is C12H17N7O. The Morgan fingerprint density at radius 3 is 2.85 bits per heavy atom. The van der Waals surface area contributed by atoms with E-state index in [0.717, 1.165) is 5.69 Å². The maximum absolute atomic E-state index is 12.2. The van der Waals surface area contributed by atoms with Gasteiger partial charge in [-0.3, -0.25) is 15.6 Å². The SMILES string of the molecule is Cc1cc(NN)c(C(=O)NC(C)c2nncn2C)cn1. The van der Waals surface area contributed by atoms with Gasteiger partial charge in [-0.15, -0.1) is 10.2 Å². The van der Waals surface area contributed by atoms with Crippen LogP contribution in [0.5, 0.6) is 0 Å². The molecule has 0 aliphatic heterocycles. The number of nitrogen functional groups attached to an aromatic ring is 1. The molecule has 0 bridgehead atoms. The predicted molar refractivity (Wildman–Crippen MR) is 73.7 cm³/mol. The van der Waals surface area contributed by atoms with Crippen molar-refractivity contribution < 1.29 is 4.79 Å². The number of hydrogen-bond donors (Lipinski definition) is 3. The summed E-state index contributed by atoms with van der Waals surface area (Å²) in [5.74, 6) is 5.81. The molecule has 1 atom stereocenters. The average Bonchev–Trinajstić information content (AvgIpc) is 2.84. The van der Waals surface area contributed by atoms with Gasteiger partial charge < -0.3 is 15.3 Å². The molecule has 0 saturated carbocycles.